The summed E-state index contributed by atoms with van der Waals surface area (Å²) in [5.74, 6) is 0.141. The third-order valence-electron chi connectivity index (χ3n) is 2.02. The first-order valence-electron chi connectivity index (χ1n) is 4.60. The minimum atomic E-state index is 0. The van der Waals surface area contributed by atoms with Gasteiger partial charge in [-0.05, 0) is 19.0 Å². The molecular weight excluding hydrogens is 244 g/mol. The zero-order valence-electron chi connectivity index (χ0n) is 9.35. The van der Waals surface area contributed by atoms with E-state index in [-0.39, 0.29) is 22.8 Å². The minimum absolute atomic E-state index is 0. The molecule has 84 valence electrons. The maximum Gasteiger partial charge on any atom is 0.212 e. The standard InChI is InChI=1S/C10H21N2O.BrH/c1-9(2)10(13)8-12(3,4)7-5-6-11;/h1,5-8,11H2,2-4H3;1H/q+1;/p-1. The third kappa shape index (κ3) is 7.24. The molecule has 0 spiro atoms. The van der Waals surface area contributed by atoms with Crippen LogP contribution in [-0.4, -0.2) is 44.0 Å². The number of rotatable bonds is 6. The van der Waals surface area contributed by atoms with Crippen LogP contribution in [0, 0.1) is 0 Å². The molecule has 0 heterocycles. The van der Waals surface area contributed by atoms with E-state index in [1.54, 1.807) is 6.92 Å². The highest BCUT2D eigenvalue weighted by molar-refractivity contribution is 5.95. The zero-order chi connectivity index (χ0) is 10.5. The van der Waals surface area contributed by atoms with Crippen molar-refractivity contribution < 1.29 is 26.3 Å². The van der Waals surface area contributed by atoms with Crippen LogP contribution in [0.25, 0.3) is 0 Å². The first-order valence-corrected chi connectivity index (χ1v) is 4.60. The Bertz CT molecular complexity index is 202. The Morgan fingerprint density at radius 1 is 1.43 bits per heavy atom. The molecule has 14 heavy (non-hydrogen) atoms. The molecule has 0 aromatic rings. The van der Waals surface area contributed by atoms with Crippen LogP contribution in [0.3, 0.4) is 0 Å². The van der Waals surface area contributed by atoms with Gasteiger partial charge in [-0.2, -0.15) is 0 Å². The van der Waals surface area contributed by atoms with Crippen molar-refractivity contribution in [1.29, 1.82) is 0 Å². The van der Waals surface area contributed by atoms with Crippen LogP contribution in [0.1, 0.15) is 13.3 Å². The van der Waals surface area contributed by atoms with Crippen LogP contribution >= 0.6 is 0 Å². The van der Waals surface area contributed by atoms with Crippen molar-refractivity contribution in [3.8, 4) is 0 Å². The van der Waals surface area contributed by atoms with Gasteiger partial charge >= 0.3 is 0 Å². The smallest absolute Gasteiger partial charge is 0.212 e. The molecule has 0 atom stereocenters. The molecule has 2 N–H and O–H groups in total. The lowest BCUT2D eigenvalue weighted by molar-refractivity contribution is -0.882. The Labute approximate surface area is 97.3 Å². The van der Waals surface area contributed by atoms with Crippen LogP contribution in [0.2, 0.25) is 0 Å². The van der Waals surface area contributed by atoms with Gasteiger partial charge in [-0.25, -0.2) is 0 Å². The average molecular weight is 265 g/mol. The largest absolute Gasteiger partial charge is 1.00 e. The highest BCUT2D eigenvalue weighted by Crippen LogP contribution is 2.02. The van der Waals surface area contributed by atoms with Gasteiger partial charge in [0.25, 0.3) is 0 Å². The Morgan fingerprint density at radius 3 is 2.29 bits per heavy atom. The Balaban J connectivity index is 0. The van der Waals surface area contributed by atoms with Crippen molar-refractivity contribution in [1.82, 2.24) is 0 Å². The number of Topliss-reactive ketones (excluding diaryl/α,β-unsaturated/α-hetero) is 1. The third-order valence-corrected chi connectivity index (χ3v) is 2.02. The van der Waals surface area contributed by atoms with E-state index in [2.05, 4.69) is 6.58 Å². The van der Waals surface area contributed by atoms with Gasteiger partial charge in [0.1, 0.15) is 6.54 Å². The van der Waals surface area contributed by atoms with E-state index in [0.717, 1.165) is 13.0 Å². The molecule has 0 amide bonds. The molecule has 0 rings (SSSR count). The summed E-state index contributed by atoms with van der Waals surface area (Å²) in [6, 6.07) is 0. The van der Waals surface area contributed by atoms with Crippen molar-refractivity contribution in [2.45, 2.75) is 13.3 Å². The molecule has 0 fully saturated rings. The van der Waals surface area contributed by atoms with E-state index in [0.29, 0.717) is 23.1 Å². The molecule has 3 nitrogen and oxygen atoms in total. The predicted octanol–water partition coefficient (Wildman–Crippen LogP) is -2.44. The quantitative estimate of drug-likeness (QED) is 0.428. The summed E-state index contributed by atoms with van der Waals surface area (Å²) in [5.41, 5.74) is 6.05. The lowest BCUT2D eigenvalue weighted by Gasteiger charge is -2.28. The molecular formula is C10H21BrN2O. The molecule has 0 bridgehead atoms. The van der Waals surface area contributed by atoms with Crippen molar-refractivity contribution in [3.05, 3.63) is 12.2 Å². The molecule has 4 heteroatoms. The van der Waals surface area contributed by atoms with Gasteiger partial charge in [-0.3, -0.25) is 4.79 Å². The van der Waals surface area contributed by atoms with Crippen molar-refractivity contribution in [3.63, 3.8) is 0 Å². The van der Waals surface area contributed by atoms with Crippen LogP contribution in [-0.2, 0) is 4.79 Å². The van der Waals surface area contributed by atoms with E-state index < -0.39 is 0 Å². The van der Waals surface area contributed by atoms with Gasteiger partial charge in [0.05, 0.1) is 20.6 Å². The van der Waals surface area contributed by atoms with E-state index in [4.69, 9.17) is 5.73 Å². The van der Waals surface area contributed by atoms with E-state index in [9.17, 15) is 4.79 Å². The van der Waals surface area contributed by atoms with Gasteiger partial charge in [-0.1, -0.05) is 6.58 Å². The first-order chi connectivity index (χ1) is 5.89. The molecule has 0 saturated heterocycles. The second-order valence-electron chi connectivity index (χ2n) is 4.16. The van der Waals surface area contributed by atoms with Crippen molar-refractivity contribution >= 4 is 5.78 Å². The van der Waals surface area contributed by atoms with Gasteiger partial charge in [0.2, 0.25) is 5.78 Å². The fourth-order valence-corrected chi connectivity index (χ4v) is 1.12. The number of ketones is 1. The fourth-order valence-electron chi connectivity index (χ4n) is 1.12. The number of nitrogens with zero attached hydrogens (tertiary/aromatic N) is 1. The normalized spacial score (nSPS) is 10.6. The monoisotopic (exact) mass is 264 g/mol. The number of likely N-dealkylation sites (N-methyl/N-ethyl adjacent to an activating group) is 1. The van der Waals surface area contributed by atoms with Crippen LogP contribution in [0.15, 0.2) is 12.2 Å². The lowest BCUT2D eigenvalue weighted by Crippen LogP contribution is -3.00. The Hall–Kier alpha value is -0.190. The molecule has 0 aliphatic rings. The summed E-state index contributed by atoms with van der Waals surface area (Å²) in [6.07, 6.45) is 0.955. The second kappa shape index (κ2) is 7.15. The highest BCUT2D eigenvalue weighted by Gasteiger charge is 2.19. The molecule has 0 saturated carbocycles. The SMILES string of the molecule is C=C(C)C(=O)C[N+](C)(C)CCCN.[Br-]. The Morgan fingerprint density at radius 2 is 1.93 bits per heavy atom. The molecule has 0 unspecified atom stereocenters. The highest BCUT2D eigenvalue weighted by atomic mass is 79.9. The number of carbonyl (C=O) groups excluding carboxylic acids is 1. The number of nitrogens with two attached hydrogens (primary N) is 1. The van der Waals surface area contributed by atoms with E-state index in [1.165, 1.54) is 0 Å². The summed E-state index contributed by atoms with van der Waals surface area (Å²) in [4.78, 5) is 11.4. The average Bonchev–Trinajstić information content (AvgIpc) is 2.00. The first kappa shape index (κ1) is 16.2. The van der Waals surface area contributed by atoms with Gasteiger partial charge in [-0.15, -0.1) is 0 Å². The second-order valence-corrected chi connectivity index (χ2v) is 4.16. The zero-order valence-corrected chi connectivity index (χ0v) is 10.9. The maximum absolute atomic E-state index is 11.4. The summed E-state index contributed by atoms with van der Waals surface area (Å²) in [7, 11) is 4.08. The van der Waals surface area contributed by atoms with Gasteiger partial charge in [0, 0.05) is 6.42 Å². The number of hydrogen-bond acceptors (Lipinski definition) is 2. The molecule has 0 aromatic carbocycles. The summed E-state index contributed by atoms with van der Waals surface area (Å²) >= 11 is 0. The number of quaternary nitrogens is 1. The number of halogens is 1. The van der Waals surface area contributed by atoms with Gasteiger partial charge in [0.15, 0.2) is 0 Å². The molecule has 0 aromatic heterocycles. The maximum atomic E-state index is 11.4. The molecule has 0 radical (unpaired) electrons. The number of carbonyl (C=O) groups is 1. The topological polar surface area (TPSA) is 43.1 Å². The summed E-state index contributed by atoms with van der Waals surface area (Å²) in [5, 5.41) is 0. The van der Waals surface area contributed by atoms with Crippen molar-refractivity contribution in [2.24, 2.45) is 5.73 Å². The van der Waals surface area contributed by atoms with Gasteiger partial charge < -0.3 is 27.2 Å². The minimum Gasteiger partial charge on any atom is -1.00 e. The van der Waals surface area contributed by atoms with Crippen LogP contribution in [0.5, 0.6) is 0 Å². The van der Waals surface area contributed by atoms with Crippen molar-refractivity contribution in [2.75, 3.05) is 33.7 Å². The van der Waals surface area contributed by atoms with E-state index >= 15 is 0 Å². The van der Waals surface area contributed by atoms with Crippen LogP contribution in [0.4, 0.5) is 0 Å². The lowest BCUT2D eigenvalue weighted by atomic mass is 10.2. The number of hydrogen-bond donors (Lipinski definition) is 1. The summed E-state index contributed by atoms with van der Waals surface area (Å²) < 4.78 is 0.697. The summed E-state index contributed by atoms with van der Waals surface area (Å²) in [6.45, 7) is 7.54. The Kier molecular flexibility index (Phi) is 8.30. The fraction of sp³-hybridized carbons (Fsp3) is 0.700. The molecule has 0 aliphatic carbocycles. The molecule has 0 aliphatic heterocycles. The predicted molar refractivity (Wildman–Crippen MR) is 55.3 cm³/mol. The van der Waals surface area contributed by atoms with E-state index in [1.807, 2.05) is 14.1 Å². The van der Waals surface area contributed by atoms with Crippen LogP contribution < -0.4 is 22.7 Å².